The van der Waals surface area contributed by atoms with Gasteiger partial charge in [0.1, 0.15) is 0 Å². The Morgan fingerprint density at radius 2 is 2.04 bits per heavy atom. The zero-order valence-corrected chi connectivity index (χ0v) is 15.7. The maximum Gasteiger partial charge on any atom is 0.222 e. The number of likely N-dealkylation sites (tertiary alicyclic amines) is 1. The highest BCUT2D eigenvalue weighted by molar-refractivity contribution is 5.25. The normalized spacial score (nSPS) is 26.0. The van der Waals surface area contributed by atoms with Gasteiger partial charge in [0.25, 0.3) is 0 Å². The van der Waals surface area contributed by atoms with E-state index in [1.807, 2.05) is 12.4 Å². The zero-order valence-electron chi connectivity index (χ0n) is 15.7. The Kier molecular flexibility index (Phi) is 5.52. The van der Waals surface area contributed by atoms with Crippen molar-refractivity contribution in [3.05, 3.63) is 29.6 Å². The van der Waals surface area contributed by atoms with E-state index in [-0.39, 0.29) is 5.60 Å². The van der Waals surface area contributed by atoms with E-state index in [1.54, 1.807) is 0 Å². The summed E-state index contributed by atoms with van der Waals surface area (Å²) >= 11 is 0. The van der Waals surface area contributed by atoms with E-state index in [9.17, 15) is 0 Å². The van der Waals surface area contributed by atoms with Crippen LogP contribution in [0.15, 0.2) is 24.0 Å². The number of rotatable bonds is 5. The SMILES string of the molecule is CC1=CC2(CCN(Cc3cnc(NCC4CCCO4)nc3)CC2)OCC1. The summed E-state index contributed by atoms with van der Waals surface area (Å²) in [6.45, 7) is 7.79. The van der Waals surface area contributed by atoms with E-state index < -0.39 is 0 Å². The molecule has 4 rings (SSSR count). The van der Waals surface area contributed by atoms with Crippen LogP contribution in [0.4, 0.5) is 5.95 Å². The summed E-state index contributed by atoms with van der Waals surface area (Å²) in [6.07, 6.45) is 12.1. The molecule has 0 saturated carbocycles. The number of aromatic nitrogens is 2. The smallest absolute Gasteiger partial charge is 0.222 e. The fourth-order valence-electron chi connectivity index (χ4n) is 4.15. The molecule has 3 aliphatic rings. The molecule has 26 heavy (non-hydrogen) atoms. The second-order valence-corrected chi connectivity index (χ2v) is 7.86. The monoisotopic (exact) mass is 358 g/mol. The lowest BCUT2D eigenvalue weighted by Gasteiger charge is -2.42. The Morgan fingerprint density at radius 3 is 2.73 bits per heavy atom. The van der Waals surface area contributed by atoms with Crippen LogP contribution in [0, 0.1) is 0 Å². The summed E-state index contributed by atoms with van der Waals surface area (Å²) in [6, 6.07) is 0. The first-order chi connectivity index (χ1) is 12.7. The van der Waals surface area contributed by atoms with Crippen molar-refractivity contribution < 1.29 is 9.47 Å². The molecule has 0 aromatic carbocycles. The number of hydrogen-bond donors (Lipinski definition) is 1. The van der Waals surface area contributed by atoms with E-state index in [1.165, 1.54) is 11.1 Å². The molecule has 6 heteroatoms. The topological polar surface area (TPSA) is 59.5 Å². The average Bonchev–Trinajstić information content (AvgIpc) is 3.17. The van der Waals surface area contributed by atoms with Crippen LogP contribution in [-0.4, -0.2) is 59.4 Å². The molecule has 142 valence electrons. The van der Waals surface area contributed by atoms with Gasteiger partial charge in [-0.3, -0.25) is 4.90 Å². The molecule has 1 aromatic heterocycles. The van der Waals surface area contributed by atoms with Crippen LogP contribution < -0.4 is 5.32 Å². The van der Waals surface area contributed by atoms with Crippen molar-refractivity contribution in [2.75, 3.05) is 38.2 Å². The van der Waals surface area contributed by atoms with Gasteiger partial charge in [0.15, 0.2) is 0 Å². The fourth-order valence-corrected chi connectivity index (χ4v) is 4.15. The molecule has 1 unspecified atom stereocenters. The van der Waals surface area contributed by atoms with E-state index >= 15 is 0 Å². The van der Waals surface area contributed by atoms with Crippen LogP contribution in [-0.2, 0) is 16.0 Å². The molecular formula is C20H30N4O2. The molecule has 2 fully saturated rings. The standard InChI is InChI=1S/C20H30N4O2/c1-16-4-10-26-20(11-16)5-7-24(8-6-20)15-17-12-21-19(22-13-17)23-14-18-3-2-9-25-18/h11-13,18H,2-10,14-15H2,1H3,(H,21,22,23). The second kappa shape index (κ2) is 8.03. The van der Waals surface area contributed by atoms with Crippen LogP contribution in [0.2, 0.25) is 0 Å². The summed E-state index contributed by atoms with van der Waals surface area (Å²) in [5, 5.41) is 3.28. The van der Waals surface area contributed by atoms with Gasteiger partial charge in [0.05, 0.1) is 18.3 Å². The molecular weight excluding hydrogens is 328 g/mol. The third-order valence-corrected chi connectivity index (χ3v) is 5.72. The first-order valence-electron chi connectivity index (χ1n) is 9.92. The Bertz CT molecular complexity index is 617. The van der Waals surface area contributed by atoms with Crippen molar-refractivity contribution in [2.45, 2.75) is 57.3 Å². The van der Waals surface area contributed by atoms with Crippen molar-refractivity contribution >= 4 is 5.95 Å². The molecule has 0 radical (unpaired) electrons. The van der Waals surface area contributed by atoms with Crippen LogP contribution in [0.25, 0.3) is 0 Å². The van der Waals surface area contributed by atoms with Gasteiger partial charge in [-0.25, -0.2) is 9.97 Å². The highest BCUT2D eigenvalue weighted by atomic mass is 16.5. The average molecular weight is 358 g/mol. The molecule has 4 heterocycles. The lowest BCUT2D eigenvalue weighted by atomic mass is 9.87. The molecule has 2 saturated heterocycles. The van der Waals surface area contributed by atoms with Crippen LogP contribution in [0.1, 0.15) is 44.6 Å². The van der Waals surface area contributed by atoms with E-state index in [0.717, 1.165) is 71.5 Å². The first kappa shape index (κ1) is 17.9. The van der Waals surface area contributed by atoms with Crippen molar-refractivity contribution in [1.29, 1.82) is 0 Å². The zero-order chi connectivity index (χ0) is 17.8. The van der Waals surface area contributed by atoms with E-state index in [0.29, 0.717) is 12.1 Å². The van der Waals surface area contributed by atoms with Crippen molar-refractivity contribution in [2.24, 2.45) is 0 Å². The van der Waals surface area contributed by atoms with Crippen LogP contribution >= 0.6 is 0 Å². The Hall–Kier alpha value is -1.50. The number of piperidine rings is 1. The van der Waals surface area contributed by atoms with Gasteiger partial charge in [-0.05, 0) is 39.0 Å². The Balaban J connectivity index is 1.25. The maximum absolute atomic E-state index is 6.11. The highest BCUT2D eigenvalue weighted by Crippen LogP contribution is 2.33. The molecule has 1 aromatic rings. The van der Waals surface area contributed by atoms with Crippen molar-refractivity contribution in [3.8, 4) is 0 Å². The Morgan fingerprint density at radius 1 is 1.23 bits per heavy atom. The first-order valence-corrected chi connectivity index (χ1v) is 9.92. The van der Waals surface area contributed by atoms with Gasteiger partial charge in [-0.2, -0.15) is 0 Å². The van der Waals surface area contributed by atoms with Gasteiger partial charge in [-0.15, -0.1) is 0 Å². The largest absolute Gasteiger partial charge is 0.376 e. The van der Waals surface area contributed by atoms with E-state index in [2.05, 4.69) is 33.2 Å². The summed E-state index contributed by atoms with van der Waals surface area (Å²) in [5.41, 5.74) is 2.63. The van der Waals surface area contributed by atoms with Crippen LogP contribution in [0.5, 0.6) is 0 Å². The quantitative estimate of drug-likeness (QED) is 0.817. The third-order valence-electron chi connectivity index (χ3n) is 5.72. The fraction of sp³-hybridized carbons (Fsp3) is 0.700. The number of nitrogens with one attached hydrogen (secondary N) is 1. The van der Waals surface area contributed by atoms with Crippen molar-refractivity contribution in [3.63, 3.8) is 0 Å². The number of hydrogen-bond acceptors (Lipinski definition) is 6. The van der Waals surface area contributed by atoms with Gasteiger partial charge in [0.2, 0.25) is 5.95 Å². The molecule has 3 aliphatic heterocycles. The predicted molar refractivity (Wildman–Crippen MR) is 101 cm³/mol. The molecule has 0 aliphatic carbocycles. The minimum Gasteiger partial charge on any atom is -0.376 e. The summed E-state index contributed by atoms with van der Waals surface area (Å²) < 4.78 is 11.7. The molecule has 0 bridgehead atoms. The van der Waals surface area contributed by atoms with Crippen LogP contribution in [0.3, 0.4) is 0 Å². The highest BCUT2D eigenvalue weighted by Gasteiger charge is 2.35. The molecule has 6 nitrogen and oxygen atoms in total. The number of anilines is 1. The van der Waals surface area contributed by atoms with Gasteiger partial charge in [0, 0.05) is 50.7 Å². The minimum absolute atomic E-state index is 0.00851. The van der Waals surface area contributed by atoms with Crippen molar-refractivity contribution in [1.82, 2.24) is 14.9 Å². The minimum atomic E-state index is -0.00851. The van der Waals surface area contributed by atoms with E-state index in [4.69, 9.17) is 9.47 Å². The maximum atomic E-state index is 6.11. The number of ether oxygens (including phenoxy) is 2. The third kappa shape index (κ3) is 4.42. The lowest BCUT2D eigenvalue weighted by molar-refractivity contribution is -0.0577. The Labute approximate surface area is 156 Å². The lowest BCUT2D eigenvalue weighted by Crippen LogP contribution is -2.46. The summed E-state index contributed by atoms with van der Waals surface area (Å²) in [7, 11) is 0. The number of nitrogens with zero attached hydrogens (tertiary/aromatic N) is 3. The molecule has 1 atom stereocenters. The molecule has 0 amide bonds. The predicted octanol–water partition coefficient (Wildman–Crippen LogP) is 2.77. The summed E-state index contributed by atoms with van der Waals surface area (Å²) in [4.78, 5) is 11.4. The van der Waals surface area contributed by atoms with Gasteiger partial charge in [-0.1, -0.05) is 11.6 Å². The second-order valence-electron chi connectivity index (χ2n) is 7.86. The van der Waals surface area contributed by atoms with Gasteiger partial charge >= 0.3 is 0 Å². The molecule has 1 spiro atoms. The molecule has 1 N–H and O–H groups in total. The summed E-state index contributed by atoms with van der Waals surface area (Å²) in [5.74, 6) is 0.693. The van der Waals surface area contributed by atoms with Gasteiger partial charge < -0.3 is 14.8 Å².